The number of aryl methyl sites for hydroxylation is 3. The standard InChI is InChI=1S/C29H34N2O3/c1-20-10-9-13-25(15-20)18-31(26(29(33)30-5)17-24-11-7-6-8-12-24)28(32)19-34-27-16-21(2)14-22(3)23(27)4/h6-16,26H,17-19H2,1-5H3,(H,30,33)/t26-/m1/s1. The molecule has 34 heavy (non-hydrogen) atoms. The highest BCUT2D eigenvalue weighted by atomic mass is 16.5. The molecule has 0 aliphatic carbocycles. The van der Waals surface area contributed by atoms with Crippen LogP contribution in [0.5, 0.6) is 5.75 Å². The van der Waals surface area contributed by atoms with E-state index in [1.54, 1.807) is 11.9 Å². The molecule has 2 amide bonds. The van der Waals surface area contributed by atoms with Crippen LogP contribution in [0.3, 0.4) is 0 Å². The maximum Gasteiger partial charge on any atom is 0.261 e. The zero-order valence-electron chi connectivity index (χ0n) is 20.7. The van der Waals surface area contributed by atoms with Crippen molar-refractivity contribution in [2.75, 3.05) is 13.7 Å². The summed E-state index contributed by atoms with van der Waals surface area (Å²) in [6, 6.07) is 21.1. The molecule has 3 aromatic rings. The summed E-state index contributed by atoms with van der Waals surface area (Å²) in [6.07, 6.45) is 0.417. The number of nitrogens with one attached hydrogen (secondary N) is 1. The van der Waals surface area contributed by atoms with Crippen molar-refractivity contribution in [3.63, 3.8) is 0 Å². The molecule has 3 rings (SSSR count). The average Bonchev–Trinajstić information content (AvgIpc) is 2.82. The molecule has 0 bridgehead atoms. The second kappa shape index (κ2) is 11.5. The molecule has 0 aromatic heterocycles. The van der Waals surface area contributed by atoms with E-state index in [0.29, 0.717) is 18.7 Å². The zero-order chi connectivity index (χ0) is 24.7. The Hall–Kier alpha value is -3.60. The highest BCUT2D eigenvalue weighted by Gasteiger charge is 2.30. The van der Waals surface area contributed by atoms with Gasteiger partial charge in [-0.05, 0) is 61.6 Å². The molecular weight excluding hydrogens is 424 g/mol. The van der Waals surface area contributed by atoms with Gasteiger partial charge in [-0.25, -0.2) is 0 Å². The Morgan fingerprint density at radius 2 is 1.59 bits per heavy atom. The van der Waals surface area contributed by atoms with Gasteiger partial charge in [0.2, 0.25) is 5.91 Å². The Morgan fingerprint density at radius 3 is 2.26 bits per heavy atom. The van der Waals surface area contributed by atoms with E-state index in [1.165, 1.54) is 0 Å². The summed E-state index contributed by atoms with van der Waals surface area (Å²) in [6.45, 7) is 8.22. The fraction of sp³-hybridized carbons (Fsp3) is 0.310. The quantitative estimate of drug-likeness (QED) is 0.506. The molecule has 0 heterocycles. The summed E-state index contributed by atoms with van der Waals surface area (Å²) in [5.74, 6) is 0.262. The van der Waals surface area contributed by atoms with Crippen LogP contribution < -0.4 is 10.1 Å². The van der Waals surface area contributed by atoms with Gasteiger partial charge >= 0.3 is 0 Å². The van der Waals surface area contributed by atoms with Crippen LogP contribution in [0.2, 0.25) is 0 Å². The molecule has 0 saturated carbocycles. The van der Waals surface area contributed by atoms with Gasteiger partial charge in [0, 0.05) is 20.0 Å². The number of nitrogens with zero attached hydrogens (tertiary/aromatic N) is 1. The Labute approximate surface area is 202 Å². The van der Waals surface area contributed by atoms with Crippen LogP contribution in [-0.2, 0) is 22.6 Å². The second-order valence-corrected chi connectivity index (χ2v) is 8.82. The largest absolute Gasteiger partial charge is 0.483 e. The van der Waals surface area contributed by atoms with Crippen molar-refractivity contribution in [2.24, 2.45) is 0 Å². The molecule has 0 radical (unpaired) electrons. The predicted molar refractivity (Wildman–Crippen MR) is 136 cm³/mol. The van der Waals surface area contributed by atoms with Crippen LogP contribution >= 0.6 is 0 Å². The molecule has 0 aliphatic heterocycles. The van der Waals surface area contributed by atoms with Gasteiger partial charge in [-0.3, -0.25) is 9.59 Å². The molecule has 1 atom stereocenters. The van der Waals surface area contributed by atoms with E-state index in [0.717, 1.165) is 33.4 Å². The van der Waals surface area contributed by atoms with Crippen molar-refractivity contribution in [2.45, 2.75) is 46.7 Å². The number of likely N-dealkylation sites (N-methyl/N-ethyl adjacent to an activating group) is 1. The molecule has 5 nitrogen and oxygen atoms in total. The number of ether oxygens (including phenoxy) is 1. The van der Waals surface area contributed by atoms with E-state index >= 15 is 0 Å². The van der Waals surface area contributed by atoms with E-state index in [2.05, 4.69) is 11.4 Å². The first-order chi connectivity index (χ1) is 16.3. The van der Waals surface area contributed by atoms with Crippen molar-refractivity contribution in [1.82, 2.24) is 10.2 Å². The van der Waals surface area contributed by atoms with Crippen molar-refractivity contribution in [3.05, 3.63) is 100 Å². The van der Waals surface area contributed by atoms with Crippen LogP contribution in [0.1, 0.15) is 33.4 Å². The maximum atomic E-state index is 13.6. The molecule has 0 fully saturated rings. The van der Waals surface area contributed by atoms with Gasteiger partial charge in [-0.1, -0.05) is 66.2 Å². The van der Waals surface area contributed by atoms with Crippen LogP contribution in [0.25, 0.3) is 0 Å². The second-order valence-electron chi connectivity index (χ2n) is 8.82. The third-order valence-corrected chi connectivity index (χ3v) is 6.07. The highest BCUT2D eigenvalue weighted by Crippen LogP contribution is 2.24. The van der Waals surface area contributed by atoms with Gasteiger partial charge in [0.25, 0.3) is 5.91 Å². The van der Waals surface area contributed by atoms with Crippen LogP contribution in [0.4, 0.5) is 0 Å². The molecule has 0 saturated heterocycles. The zero-order valence-corrected chi connectivity index (χ0v) is 20.7. The van der Waals surface area contributed by atoms with Gasteiger partial charge in [0.15, 0.2) is 6.61 Å². The predicted octanol–water partition coefficient (Wildman–Crippen LogP) is 4.69. The lowest BCUT2D eigenvalue weighted by Crippen LogP contribution is -2.51. The number of amides is 2. The van der Waals surface area contributed by atoms with E-state index in [4.69, 9.17) is 4.74 Å². The first kappa shape index (κ1) is 25.0. The van der Waals surface area contributed by atoms with Gasteiger partial charge < -0.3 is 15.0 Å². The fourth-order valence-corrected chi connectivity index (χ4v) is 4.10. The van der Waals surface area contributed by atoms with Crippen molar-refractivity contribution < 1.29 is 14.3 Å². The average molecular weight is 459 g/mol. The molecule has 3 aromatic carbocycles. The van der Waals surface area contributed by atoms with Gasteiger partial charge in [-0.2, -0.15) is 0 Å². The van der Waals surface area contributed by atoms with E-state index < -0.39 is 6.04 Å². The number of carbonyl (C=O) groups is 2. The Balaban J connectivity index is 1.90. The Morgan fingerprint density at radius 1 is 0.882 bits per heavy atom. The minimum Gasteiger partial charge on any atom is -0.483 e. The third kappa shape index (κ3) is 6.47. The Bertz CT molecular complexity index is 1140. The molecular formula is C29H34N2O3. The number of carbonyl (C=O) groups excluding carboxylic acids is 2. The molecule has 5 heteroatoms. The van der Waals surface area contributed by atoms with Crippen molar-refractivity contribution in [3.8, 4) is 5.75 Å². The first-order valence-electron chi connectivity index (χ1n) is 11.6. The summed E-state index contributed by atoms with van der Waals surface area (Å²) < 4.78 is 5.99. The summed E-state index contributed by atoms with van der Waals surface area (Å²) >= 11 is 0. The molecule has 0 unspecified atom stereocenters. The van der Waals surface area contributed by atoms with E-state index in [9.17, 15) is 9.59 Å². The van der Waals surface area contributed by atoms with Crippen molar-refractivity contribution in [1.29, 1.82) is 0 Å². The number of hydrogen-bond acceptors (Lipinski definition) is 3. The number of benzene rings is 3. The monoisotopic (exact) mass is 458 g/mol. The topological polar surface area (TPSA) is 58.6 Å². The molecule has 178 valence electrons. The van der Waals surface area contributed by atoms with E-state index in [-0.39, 0.29) is 18.4 Å². The molecule has 0 aliphatic rings. The highest BCUT2D eigenvalue weighted by molar-refractivity contribution is 5.88. The minimum atomic E-state index is -0.663. The normalized spacial score (nSPS) is 11.6. The SMILES string of the molecule is CNC(=O)[C@@H](Cc1ccccc1)N(Cc1cccc(C)c1)C(=O)COc1cc(C)cc(C)c1C. The lowest BCUT2D eigenvalue weighted by molar-refractivity contribution is -0.142. The minimum absolute atomic E-state index is 0.141. The Kier molecular flexibility index (Phi) is 8.47. The summed E-state index contributed by atoms with van der Waals surface area (Å²) in [5, 5.41) is 2.74. The summed E-state index contributed by atoms with van der Waals surface area (Å²) in [5.41, 5.74) is 6.27. The summed E-state index contributed by atoms with van der Waals surface area (Å²) in [7, 11) is 1.60. The van der Waals surface area contributed by atoms with Crippen LogP contribution in [0.15, 0.2) is 66.7 Å². The molecule has 0 spiro atoms. The van der Waals surface area contributed by atoms with Crippen molar-refractivity contribution >= 4 is 11.8 Å². The maximum absolute atomic E-state index is 13.6. The lowest BCUT2D eigenvalue weighted by Gasteiger charge is -2.31. The van der Waals surface area contributed by atoms with Gasteiger partial charge in [0.1, 0.15) is 11.8 Å². The van der Waals surface area contributed by atoms with Crippen LogP contribution in [0, 0.1) is 27.7 Å². The number of rotatable bonds is 9. The summed E-state index contributed by atoms with van der Waals surface area (Å²) in [4.78, 5) is 28.2. The number of hydrogen-bond donors (Lipinski definition) is 1. The van der Waals surface area contributed by atoms with E-state index in [1.807, 2.05) is 88.4 Å². The van der Waals surface area contributed by atoms with Gasteiger partial charge in [-0.15, -0.1) is 0 Å². The van der Waals surface area contributed by atoms with Crippen LogP contribution in [-0.4, -0.2) is 36.4 Å². The lowest BCUT2D eigenvalue weighted by atomic mass is 10.0. The first-order valence-corrected chi connectivity index (χ1v) is 11.6. The third-order valence-electron chi connectivity index (χ3n) is 6.07. The van der Waals surface area contributed by atoms with Gasteiger partial charge in [0.05, 0.1) is 0 Å². The smallest absolute Gasteiger partial charge is 0.261 e. The fourth-order valence-electron chi connectivity index (χ4n) is 4.10. The molecule has 1 N–H and O–H groups in total.